The van der Waals surface area contributed by atoms with E-state index in [9.17, 15) is 0 Å². The van der Waals surface area contributed by atoms with Gasteiger partial charge >= 0.3 is 21.7 Å². The topological polar surface area (TPSA) is 0 Å². The first-order chi connectivity index (χ1) is 11.3. The summed E-state index contributed by atoms with van der Waals surface area (Å²) in [4.78, 5) is 0. The minimum Gasteiger partial charge on any atom is -1.00 e. The van der Waals surface area contributed by atoms with Crippen LogP contribution in [0.1, 0.15) is 31.7 Å². The molecule has 2 aromatic carbocycles. The van der Waals surface area contributed by atoms with Crippen LogP contribution in [0.4, 0.5) is 0 Å². The molecule has 1 aliphatic rings. The van der Waals surface area contributed by atoms with Crippen LogP contribution < -0.4 is 42.4 Å². The summed E-state index contributed by atoms with van der Waals surface area (Å²) in [7, 11) is -1.70. The molecule has 0 amide bonds. The number of hydrogen-bond acceptors (Lipinski definition) is 0. The number of allylic oxidation sites excluding steroid dienone is 4. The van der Waals surface area contributed by atoms with Crippen LogP contribution in [0.3, 0.4) is 0 Å². The Hall–Kier alpha value is -0.279. The molecule has 3 rings (SSSR count). The van der Waals surface area contributed by atoms with Crippen molar-refractivity contribution in [1.29, 1.82) is 0 Å². The van der Waals surface area contributed by atoms with E-state index >= 15 is 0 Å². The van der Waals surface area contributed by atoms with Crippen molar-refractivity contribution >= 4 is 18.8 Å². The van der Waals surface area contributed by atoms with Crippen LogP contribution in [0.5, 0.6) is 0 Å². The monoisotopic (exact) mass is 470 g/mol. The van der Waals surface area contributed by atoms with E-state index in [0.717, 1.165) is 6.42 Å². The van der Waals surface area contributed by atoms with Crippen LogP contribution in [-0.2, 0) is 21.7 Å². The Bertz CT molecular complexity index is 717. The van der Waals surface area contributed by atoms with Gasteiger partial charge in [0.05, 0.1) is 8.07 Å². The van der Waals surface area contributed by atoms with Crippen LogP contribution in [0.15, 0.2) is 71.9 Å². The maximum atomic E-state index is 3.63. The Balaban J connectivity index is 0. The number of hydrogen-bond donors (Lipinski definition) is 0. The van der Waals surface area contributed by atoms with Gasteiger partial charge in [-0.15, -0.1) is 23.8 Å². The molecule has 5 heteroatoms. The number of unbranched alkanes of at least 4 members (excludes halogenated alkanes) is 1. The fourth-order valence-corrected chi connectivity index (χ4v) is 7.78. The van der Waals surface area contributed by atoms with Crippen molar-refractivity contribution < 1.29 is 58.9 Å². The van der Waals surface area contributed by atoms with E-state index in [1.165, 1.54) is 30.0 Å². The second-order valence-corrected chi connectivity index (χ2v) is 10.8. The van der Waals surface area contributed by atoms with E-state index in [1.54, 1.807) is 10.4 Å². The summed E-state index contributed by atoms with van der Waals surface area (Å²) < 4.78 is 0. The quantitative estimate of drug-likeness (QED) is 0.304. The molecular formula is C22H25Cl3SiTi. The van der Waals surface area contributed by atoms with Gasteiger partial charge in [0.25, 0.3) is 0 Å². The molecular weight excluding hydrogens is 447 g/mol. The van der Waals surface area contributed by atoms with E-state index in [0.29, 0.717) is 0 Å². The molecule has 2 aromatic rings. The molecule has 0 radical (unpaired) electrons. The molecule has 0 aromatic heterocycles. The predicted molar refractivity (Wildman–Crippen MR) is 103 cm³/mol. The Morgan fingerprint density at radius 1 is 0.889 bits per heavy atom. The van der Waals surface area contributed by atoms with Gasteiger partial charge in [0, 0.05) is 0 Å². The van der Waals surface area contributed by atoms with Gasteiger partial charge in [0.2, 0.25) is 0 Å². The maximum Gasteiger partial charge on any atom is 4.00 e. The van der Waals surface area contributed by atoms with Crippen molar-refractivity contribution in [3.63, 3.8) is 0 Å². The molecule has 0 spiro atoms. The molecule has 0 heterocycles. The third kappa shape index (κ3) is 6.63. The van der Waals surface area contributed by atoms with Gasteiger partial charge < -0.3 is 37.2 Å². The van der Waals surface area contributed by atoms with Crippen LogP contribution in [0.25, 0.3) is 5.57 Å². The number of rotatable bonds is 6. The molecule has 0 fully saturated rings. The Morgan fingerprint density at radius 3 is 2.00 bits per heavy atom. The average molecular weight is 472 g/mol. The molecule has 0 saturated carbocycles. The normalized spacial score (nSPS) is 14.1. The SMILES string of the molecule is CCCC[Si](C)(C1=CC[C-]=C1c1ccccc1)c1ccccc1.[Cl-].[Cl-].[Cl-].[Ti+4]. The Labute approximate surface area is 199 Å². The predicted octanol–water partition coefficient (Wildman–Crippen LogP) is -3.46. The van der Waals surface area contributed by atoms with Crippen molar-refractivity contribution in [3.8, 4) is 0 Å². The zero-order valence-electron chi connectivity index (χ0n) is 15.8. The van der Waals surface area contributed by atoms with Gasteiger partial charge in [-0.25, -0.2) is 0 Å². The van der Waals surface area contributed by atoms with Gasteiger partial charge in [-0.05, 0) is 0 Å². The van der Waals surface area contributed by atoms with Gasteiger partial charge in [0.15, 0.2) is 0 Å². The standard InChI is InChI=1S/C22H25Si.3ClH.Ti/c1-3-4-18-23(2,20-14-9-6-10-15-20)22-17-11-16-21(22)19-12-7-5-8-13-19;;;;/h5-10,12-15,17H,3-4,11,18H2,1-2H3;3*1H;/q-1;;;;+4/p-3. The first kappa shape index (κ1) is 28.9. The zero-order chi connectivity index (χ0) is 16.1. The molecule has 1 unspecified atom stereocenters. The Morgan fingerprint density at radius 2 is 1.44 bits per heavy atom. The number of benzene rings is 2. The van der Waals surface area contributed by atoms with Gasteiger partial charge in [-0.2, -0.15) is 16.8 Å². The van der Waals surface area contributed by atoms with Crippen molar-refractivity contribution in [3.05, 3.63) is 83.6 Å². The van der Waals surface area contributed by atoms with Crippen LogP contribution >= 0.6 is 0 Å². The second kappa shape index (κ2) is 13.8. The van der Waals surface area contributed by atoms with Crippen LogP contribution in [-0.4, -0.2) is 8.07 Å². The summed E-state index contributed by atoms with van der Waals surface area (Å²) in [6.45, 7) is 4.84. The van der Waals surface area contributed by atoms with Gasteiger partial charge in [-0.1, -0.05) is 92.5 Å². The molecule has 142 valence electrons. The third-order valence-electron chi connectivity index (χ3n) is 4.95. The van der Waals surface area contributed by atoms with E-state index in [1.807, 2.05) is 0 Å². The van der Waals surface area contributed by atoms with Crippen LogP contribution in [0.2, 0.25) is 12.6 Å². The third-order valence-corrected chi connectivity index (χ3v) is 9.56. The zero-order valence-corrected chi connectivity index (χ0v) is 20.6. The summed E-state index contributed by atoms with van der Waals surface area (Å²) in [5, 5.41) is 3.14. The fourth-order valence-electron chi connectivity index (χ4n) is 3.59. The molecule has 0 nitrogen and oxygen atoms in total. The summed E-state index contributed by atoms with van der Waals surface area (Å²) in [5.41, 5.74) is 2.68. The van der Waals surface area contributed by atoms with E-state index in [-0.39, 0.29) is 58.9 Å². The summed E-state index contributed by atoms with van der Waals surface area (Å²) in [6, 6.07) is 23.3. The fraction of sp³-hybridized carbons (Fsp3) is 0.273. The van der Waals surface area contributed by atoms with Crippen molar-refractivity contribution in [1.82, 2.24) is 0 Å². The van der Waals surface area contributed by atoms with Gasteiger partial charge in [0.1, 0.15) is 0 Å². The molecule has 0 aliphatic heterocycles. The first-order valence-corrected chi connectivity index (χ1v) is 11.4. The van der Waals surface area contributed by atoms with E-state index in [2.05, 4.69) is 86.3 Å². The minimum absolute atomic E-state index is 0. The molecule has 0 bridgehead atoms. The van der Waals surface area contributed by atoms with Crippen molar-refractivity contribution in [2.45, 2.75) is 38.8 Å². The van der Waals surface area contributed by atoms with Crippen molar-refractivity contribution in [2.75, 3.05) is 0 Å². The molecule has 0 saturated heterocycles. The molecule has 1 atom stereocenters. The molecule has 27 heavy (non-hydrogen) atoms. The first-order valence-electron chi connectivity index (χ1n) is 8.68. The molecule has 0 N–H and O–H groups in total. The van der Waals surface area contributed by atoms with E-state index < -0.39 is 8.07 Å². The average Bonchev–Trinajstić information content (AvgIpc) is 3.11. The summed E-state index contributed by atoms with van der Waals surface area (Å²) in [6.07, 6.45) is 9.60. The summed E-state index contributed by atoms with van der Waals surface area (Å²) >= 11 is 0. The largest absolute Gasteiger partial charge is 4.00 e. The van der Waals surface area contributed by atoms with Gasteiger partial charge in [-0.3, -0.25) is 0 Å². The van der Waals surface area contributed by atoms with Crippen molar-refractivity contribution in [2.24, 2.45) is 0 Å². The smallest absolute Gasteiger partial charge is 1.00 e. The number of halogens is 3. The Kier molecular flexibility index (Phi) is 14.8. The minimum atomic E-state index is -1.70. The summed E-state index contributed by atoms with van der Waals surface area (Å²) in [5.74, 6) is 0. The van der Waals surface area contributed by atoms with Crippen LogP contribution in [0, 0.1) is 6.08 Å². The maximum absolute atomic E-state index is 3.63. The van der Waals surface area contributed by atoms with E-state index in [4.69, 9.17) is 0 Å². The molecule has 1 aliphatic carbocycles. The second-order valence-electron chi connectivity index (χ2n) is 6.54.